The van der Waals surface area contributed by atoms with E-state index >= 15 is 0 Å². The largest absolute Gasteiger partial charge is 0.316 e. The molecule has 0 spiro atoms. The number of rotatable bonds is 11. The molecule has 1 heterocycles. The molecule has 0 aromatic rings. The molecule has 1 saturated heterocycles. The van der Waals surface area contributed by atoms with Gasteiger partial charge in [0.05, 0.1) is 0 Å². The highest BCUT2D eigenvalue weighted by atomic mass is 32.2. The highest BCUT2D eigenvalue weighted by Crippen LogP contribution is 2.18. The van der Waals surface area contributed by atoms with E-state index in [1.807, 2.05) is 0 Å². The highest BCUT2D eigenvalue weighted by molar-refractivity contribution is 7.98. The van der Waals surface area contributed by atoms with Crippen molar-refractivity contribution in [3.63, 3.8) is 0 Å². The molecule has 1 fully saturated rings. The third kappa shape index (κ3) is 7.83. The summed E-state index contributed by atoms with van der Waals surface area (Å²) in [5.41, 5.74) is 0. The third-order valence-corrected chi connectivity index (χ3v) is 6.14. The fourth-order valence-electron chi connectivity index (χ4n) is 2.50. The van der Waals surface area contributed by atoms with E-state index in [2.05, 4.69) is 23.2 Å². The molecule has 0 atom stereocenters. The Hall–Kier alpha value is 0.180. The molecule has 1 rings (SSSR count). The Kier molecular flexibility index (Phi) is 9.92. The number of unbranched alkanes of at least 4 members (excludes halogenated alkanes) is 1. The molecule has 5 nitrogen and oxygen atoms in total. The van der Waals surface area contributed by atoms with Crippen LogP contribution in [-0.2, 0) is 10.2 Å². The molecule has 0 aromatic heterocycles. The number of piperidine rings is 1. The third-order valence-electron chi connectivity index (χ3n) is 3.83. The molecule has 0 saturated carbocycles. The molecule has 0 amide bonds. The van der Waals surface area contributed by atoms with Crippen LogP contribution in [0, 0.1) is 5.92 Å². The van der Waals surface area contributed by atoms with E-state index in [0.717, 1.165) is 50.9 Å². The molecule has 1 aliphatic heterocycles. The summed E-state index contributed by atoms with van der Waals surface area (Å²) in [4.78, 5) is 0. The van der Waals surface area contributed by atoms with Gasteiger partial charge in [-0.05, 0) is 63.1 Å². The molecular weight excluding hydrogens is 306 g/mol. The molecule has 7 heteroatoms. The number of hydrogen-bond donors (Lipinski definition) is 2. The second-order valence-electron chi connectivity index (χ2n) is 5.65. The zero-order chi connectivity index (χ0) is 15.6. The Morgan fingerprint density at radius 1 is 1.19 bits per heavy atom. The fourth-order valence-corrected chi connectivity index (χ4v) is 4.27. The number of nitrogens with one attached hydrogen (secondary N) is 2. The standard InChI is InChI=1S/C14H31N3O2S2/c1-3-8-15-13-14-6-10-17(11-7-14)21(18,19)16-9-4-5-12-20-2/h14-16H,3-13H2,1-2H3. The van der Waals surface area contributed by atoms with E-state index in [9.17, 15) is 8.42 Å². The van der Waals surface area contributed by atoms with E-state index in [0.29, 0.717) is 25.6 Å². The first-order valence-electron chi connectivity index (χ1n) is 8.04. The lowest BCUT2D eigenvalue weighted by molar-refractivity contribution is 0.265. The first-order chi connectivity index (χ1) is 10.1. The van der Waals surface area contributed by atoms with Gasteiger partial charge in [-0.2, -0.15) is 24.5 Å². The van der Waals surface area contributed by atoms with Gasteiger partial charge in [0.25, 0.3) is 10.2 Å². The maximum Gasteiger partial charge on any atom is 0.279 e. The molecule has 0 aromatic carbocycles. The van der Waals surface area contributed by atoms with Crippen LogP contribution in [0.5, 0.6) is 0 Å². The monoisotopic (exact) mass is 337 g/mol. The summed E-state index contributed by atoms with van der Waals surface area (Å²) in [6.07, 6.45) is 7.12. The topological polar surface area (TPSA) is 61.4 Å². The average Bonchev–Trinajstić information content (AvgIpc) is 2.48. The van der Waals surface area contributed by atoms with Crippen molar-refractivity contribution in [1.82, 2.24) is 14.3 Å². The summed E-state index contributed by atoms with van der Waals surface area (Å²) in [7, 11) is -3.26. The van der Waals surface area contributed by atoms with Crippen LogP contribution in [-0.4, -0.2) is 57.5 Å². The summed E-state index contributed by atoms with van der Waals surface area (Å²) >= 11 is 1.80. The summed E-state index contributed by atoms with van der Waals surface area (Å²) in [6.45, 7) is 6.09. The van der Waals surface area contributed by atoms with E-state index in [1.165, 1.54) is 0 Å². The van der Waals surface area contributed by atoms with E-state index in [4.69, 9.17) is 0 Å². The smallest absolute Gasteiger partial charge is 0.279 e. The molecular formula is C14H31N3O2S2. The van der Waals surface area contributed by atoms with Gasteiger partial charge in [-0.1, -0.05) is 6.92 Å². The van der Waals surface area contributed by atoms with E-state index < -0.39 is 10.2 Å². The second kappa shape index (κ2) is 10.8. The quantitative estimate of drug-likeness (QED) is 0.563. The van der Waals surface area contributed by atoms with Crippen molar-refractivity contribution >= 4 is 22.0 Å². The van der Waals surface area contributed by atoms with Gasteiger partial charge < -0.3 is 5.32 Å². The Labute approximate surface area is 134 Å². The van der Waals surface area contributed by atoms with Gasteiger partial charge in [0.15, 0.2) is 0 Å². The Morgan fingerprint density at radius 3 is 2.52 bits per heavy atom. The predicted molar refractivity (Wildman–Crippen MR) is 92.0 cm³/mol. The van der Waals surface area contributed by atoms with Crippen molar-refractivity contribution in [2.45, 2.75) is 39.0 Å². The first kappa shape index (κ1) is 19.2. The van der Waals surface area contributed by atoms with Crippen LogP contribution in [0.4, 0.5) is 0 Å². The second-order valence-corrected chi connectivity index (χ2v) is 8.39. The molecule has 21 heavy (non-hydrogen) atoms. The summed E-state index contributed by atoms with van der Waals surface area (Å²) in [5.74, 6) is 1.71. The van der Waals surface area contributed by atoms with Gasteiger partial charge in [0.1, 0.15) is 0 Å². The fraction of sp³-hybridized carbons (Fsp3) is 1.00. The van der Waals surface area contributed by atoms with Crippen molar-refractivity contribution in [2.24, 2.45) is 5.92 Å². The lowest BCUT2D eigenvalue weighted by Crippen LogP contribution is -2.46. The van der Waals surface area contributed by atoms with Crippen LogP contribution in [0.2, 0.25) is 0 Å². The van der Waals surface area contributed by atoms with Crippen LogP contribution in [0.15, 0.2) is 0 Å². The van der Waals surface area contributed by atoms with Crippen molar-refractivity contribution < 1.29 is 8.42 Å². The van der Waals surface area contributed by atoms with Crippen molar-refractivity contribution in [1.29, 1.82) is 0 Å². The highest BCUT2D eigenvalue weighted by Gasteiger charge is 2.27. The maximum atomic E-state index is 12.2. The zero-order valence-corrected chi connectivity index (χ0v) is 15.1. The predicted octanol–water partition coefficient (Wildman–Crippen LogP) is 1.68. The van der Waals surface area contributed by atoms with Gasteiger partial charge in [0, 0.05) is 19.6 Å². The lowest BCUT2D eigenvalue weighted by atomic mass is 9.98. The van der Waals surface area contributed by atoms with Gasteiger partial charge in [-0.25, -0.2) is 4.72 Å². The molecule has 126 valence electrons. The molecule has 2 N–H and O–H groups in total. The molecule has 0 radical (unpaired) electrons. The first-order valence-corrected chi connectivity index (χ1v) is 10.9. The van der Waals surface area contributed by atoms with Crippen LogP contribution in [0.1, 0.15) is 39.0 Å². The Bertz CT molecular complexity index is 355. The Morgan fingerprint density at radius 2 is 1.90 bits per heavy atom. The number of hydrogen-bond acceptors (Lipinski definition) is 4. The van der Waals surface area contributed by atoms with Gasteiger partial charge in [-0.15, -0.1) is 0 Å². The lowest BCUT2D eigenvalue weighted by Gasteiger charge is -2.31. The SMILES string of the molecule is CCCNCC1CCN(S(=O)(=O)NCCCCSC)CC1. The van der Waals surface area contributed by atoms with Gasteiger partial charge >= 0.3 is 0 Å². The minimum Gasteiger partial charge on any atom is -0.316 e. The molecule has 0 aliphatic carbocycles. The minimum atomic E-state index is -3.26. The van der Waals surface area contributed by atoms with Gasteiger partial charge in [0.2, 0.25) is 0 Å². The van der Waals surface area contributed by atoms with Crippen molar-refractivity contribution in [3.8, 4) is 0 Å². The van der Waals surface area contributed by atoms with Crippen LogP contribution in [0.25, 0.3) is 0 Å². The van der Waals surface area contributed by atoms with E-state index in [-0.39, 0.29) is 0 Å². The molecule has 1 aliphatic rings. The van der Waals surface area contributed by atoms with Crippen LogP contribution in [0.3, 0.4) is 0 Å². The molecule has 0 unspecified atom stereocenters. The maximum absolute atomic E-state index is 12.2. The normalized spacial score (nSPS) is 18.2. The number of nitrogens with zero attached hydrogens (tertiary/aromatic N) is 1. The van der Waals surface area contributed by atoms with Crippen LogP contribution < -0.4 is 10.0 Å². The van der Waals surface area contributed by atoms with Crippen LogP contribution >= 0.6 is 11.8 Å². The van der Waals surface area contributed by atoms with E-state index in [1.54, 1.807) is 16.1 Å². The average molecular weight is 338 g/mol. The van der Waals surface area contributed by atoms with Crippen molar-refractivity contribution in [2.75, 3.05) is 44.7 Å². The summed E-state index contributed by atoms with van der Waals surface area (Å²) in [6, 6.07) is 0. The Balaban J connectivity index is 2.22. The minimum absolute atomic E-state index is 0.556. The molecule has 0 bridgehead atoms. The summed E-state index contributed by atoms with van der Waals surface area (Å²) in [5, 5.41) is 3.43. The van der Waals surface area contributed by atoms with Gasteiger partial charge in [-0.3, -0.25) is 0 Å². The van der Waals surface area contributed by atoms with Crippen molar-refractivity contribution in [3.05, 3.63) is 0 Å². The summed E-state index contributed by atoms with van der Waals surface area (Å²) < 4.78 is 28.7. The zero-order valence-electron chi connectivity index (χ0n) is 13.4. The number of thioether (sulfide) groups is 1.